The SMILES string of the molecule is O=C(NC1CCCCC1)[C@@H](Cc1ccccc1)N(Cc1ccccc1)C(=O)CSCc1c(F)cccc1Cl. The number of halogens is 2. The van der Waals surface area contributed by atoms with E-state index < -0.39 is 6.04 Å². The first-order valence-electron chi connectivity index (χ1n) is 13.2. The zero-order chi connectivity index (χ0) is 26.7. The Hall–Kier alpha value is -2.83. The van der Waals surface area contributed by atoms with Gasteiger partial charge in [0.1, 0.15) is 11.9 Å². The molecule has 1 aliphatic carbocycles. The van der Waals surface area contributed by atoms with Crippen LogP contribution in [0.2, 0.25) is 5.02 Å². The van der Waals surface area contributed by atoms with Crippen molar-refractivity contribution in [2.75, 3.05) is 5.75 Å². The molecular weight excluding hydrogens is 519 g/mol. The molecule has 3 aromatic rings. The third-order valence-electron chi connectivity index (χ3n) is 6.95. The largest absolute Gasteiger partial charge is 0.352 e. The van der Waals surface area contributed by atoms with Crippen LogP contribution in [0, 0.1) is 5.82 Å². The number of hydrogen-bond acceptors (Lipinski definition) is 3. The van der Waals surface area contributed by atoms with E-state index in [-0.39, 0.29) is 35.2 Å². The van der Waals surface area contributed by atoms with Gasteiger partial charge in [-0.05, 0) is 36.1 Å². The summed E-state index contributed by atoms with van der Waals surface area (Å²) in [6, 6.07) is 23.6. The van der Waals surface area contributed by atoms with Crippen LogP contribution in [0.5, 0.6) is 0 Å². The Balaban J connectivity index is 1.56. The average molecular weight is 553 g/mol. The highest BCUT2D eigenvalue weighted by atomic mass is 35.5. The fourth-order valence-corrected chi connectivity index (χ4v) is 6.12. The van der Waals surface area contributed by atoms with Gasteiger partial charge in [0.25, 0.3) is 0 Å². The van der Waals surface area contributed by atoms with Gasteiger partial charge in [-0.25, -0.2) is 4.39 Å². The van der Waals surface area contributed by atoms with Crippen LogP contribution in [-0.4, -0.2) is 34.6 Å². The third kappa shape index (κ3) is 8.08. The van der Waals surface area contributed by atoms with Crippen LogP contribution < -0.4 is 5.32 Å². The van der Waals surface area contributed by atoms with Gasteiger partial charge in [0.2, 0.25) is 11.8 Å². The van der Waals surface area contributed by atoms with Crippen molar-refractivity contribution in [3.63, 3.8) is 0 Å². The summed E-state index contributed by atoms with van der Waals surface area (Å²) in [6.45, 7) is 0.316. The molecule has 2 amide bonds. The summed E-state index contributed by atoms with van der Waals surface area (Å²) in [5.41, 5.74) is 2.33. The molecule has 200 valence electrons. The normalized spacial score (nSPS) is 14.6. The third-order valence-corrected chi connectivity index (χ3v) is 8.25. The lowest BCUT2D eigenvalue weighted by Crippen LogP contribution is -2.53. The van der Waals surface area contributed by atoms with Gasteiger partial charge in [-0.3, -0.25) is 9.59 Å². The van der Waals surface area contributed by atoms with Crippen molar-refractivity contribution < 1.29 is 14.0 Å². The molecule has 0 saturated heterocycles. The highest BCUT2D eigenvalue weighted by Gasteiger charge is 2.31. The van der Waals surface area contributed by atoms with Gasteiger partial charge < -0.3 is 10.2 Å². The van der Waals surface area contributed by atoms with Gasteiger partial charge >= 0.3 is 0 Å². The fourth-order valence-electron chi connectivity index (χ4n) is 4.87. The molecule has 0 bridgehead atoms. The Morgan fingerprint density at radius 2 is 1.58 bits per heavy atom. The summed E-state index contributed by atoms with van der Waals surface area (Å²) in [4.78, 5) is 29.2. The number of carbonyl (C=O) groups excluding carboxylic acids is 2. The predicted molar refractivity (Wildman–Crippen MR) is 154 cm³/mol. The van der Waals surface area contributed by atoms with E-state index in [1.165, 1.54) is 24.2 Å². The number of rotatable bonds is 11. The molecule has 0 spiro atoms. The van der Waals surface area contributed by atoms with E-state index >= 15 is 0 Å². The van der Waals surface area contributed by atoms with Crippen LogP contribution in [-0.2, 0) is 28.3 Å². The molecule has 0 heterocycles. The van der Waals surface area contributed by atoms with Gasteiger partial charge in [0.15, 0.2) is 0 Å². The van der Waals surface area contributed by atoms with Gasteiger partial charge in [-0.2, -0.15) is 0 Å². The average Bonchev–Trinajstić information content (AvgIpc) is 2.94. The topological polar surface area (TPSA) is 49.4 Å². The standard InChI is InChI=1S/C31H34ClFN2O2S/c32-27-17-10-18-28(33)26(27)21-38-22-30(36)35(20-24-13-6-2-7-14-24)29(19-23-11-4-1-5-12-23)31(37)34-25-15-8-3-9-16-25/h1-2,4-7,10-14,17-18,25,29H,3,8-9,15-16,19-22H2,(H,34,37)/t29-/m1/s1. The molecule has 1 fully saturated rings. The lowest BCUT2D eigenvalue weighted by molar-refractivity contribution is -0.139. The predicted octanol–water partition coefficient (Wildman–Crippen LogP) is 6.80. The second kappa shape index (κ2) is 14.4. The summed E-state index contributed by atoms with van der Waals surface area (Å²) in [7, 11) is 0. The maximum Gasteiger partial charge on any atom is 0.243 e. The molecule has 0 aliphatic heterocycles. The molecule has 1 saturated carbocycles. The quantitative estimate of drug-likeness (QED) is 0.284. The maximum absolute atomic E-state index is 14.3. The van der Waals surface area contributed by atoms with Crippen LogP contribution in [0.4, 0.5) is 4.39 Å². The second-order valence-corrected chi connectivity index (χ2v) is 11.1. The van der Waals surface area contributed by atoms with Crippen LogP contribution in [0.3, 0.4) is 0 Å². The zero-order valence-corrected chi connectivity index (χ0v) is 23.0. The van der Waals surface area contributed by atoms with E-state index in [1.54, 1.807) is 17.0 Å². The summed E-state index contributed by atoms with van der Waals surface area (Å²) in [5, 5.41) is 3.60. The summed E-state index contributed by atoms with van der Waals surface area (Å²) < 4.78 is 14.3. The van der Waals surface area contributed by atoms with Gasteiger partial charge in [0.05, 0.1) is 5.75 Å². The van der Waals surface area contributed by atoms with E-state index in [2.05, 4.69) is 5.32 Å². The van der Waals surface area contributed by atoms with Crippen molar-refractivity contribution in [1.82, 2.24) is 10.2 Å². The van der Waals surface area contributed by atoms with E-state index in [0.717, 1.165) is 36.8 Å². The minimum atomic E-state index is -0.662. The Morgan fingerprint density at radius 3 is 2.24 bits per heavy atom. The summed E-state index contributed by atoms with van der Waals surface area (Å²) in [6.07, 6.45) is 5.77. The molecule has 4 rings (SSSR count). The number of nitrogens with one attached hydrogen (secondary N) is 1. The first-order valence-corrected chi connectivity index (χ1v) is 14.7. The highest BCUT2D eigenvalue weighted by Crippen LogP contribution is 2.25. The number of carbonyl (C=O) groups is 2. The number of amides is 2. The van der Waals surface area contributed by atoms with Crippen molar-refractivity contribution in [2.45, 2.75) is 62.9 Å². The van der Waals surface area contributed by atoms with Crippen LogP contribution >= 0.6 is 23.4 Å². The lowest BCUT2D eigenvalue weighted by atomic mass is 9.94. The number of hydrogen-bond donors (Lipinski definition) is 1. The number of nitrogens with zero attached hydrogens (tertiary/aromatic N) is 1. The zero-order valence-electron chi connectivity index (χ0n) is 21.5. The Labute approximate surface area is 234 Å². The lowest BCUT2D eigenvalue weighted by Gasteiger charge is -2.33. The van der Waals surface area contributed by atoms with Crippen LogP contribution in [0.1, 0.15) is 48.8 Å². The van der Waals surface area contributed by atoms with Crippen molar-refractivity contribution in [3.8, 4) is 0 Å². The molecule has 1 N–H and O–H groups in total. The highest BCUT2D eigenvalue weighted by molar-refractivity contribution is 7.99. The van der Waals surface area contributed by atoms with Gasteiger partial charge in [0, 0.05) is 35.3 Å². The summed E-state index contributed by atoms with van der Waals surface area (Å²) in [5.74, 6) is -0.279. The van der Waals surface area contributed by atoms with Crippen molar-refractivity contribution in [3.05, 3.63) is 106 Å². The minimum absolute atomic E-state index is 0.111. The van der Waals surface area contributed by atoms with E-state index in [9.17, 15) is 14.0 Å². The molecule has 38 heavy (non-hydrogen) atoms. The van der Waals surface area contributed by atoms with Crippen LogP contribution in [0.15, 0.2) is 78.9 Å². The second-order valence-electron chi connectivity index (χ2n) is 9.75. The first-order chi connectivity index (χ1) is 18.5. The Kier molecular flexibility index (Phi) is 10.6. The number of benzene rings is 3. The fraction of sp³-hybridized carbons (Fsp3) is 0.355. The Morgan fingerprint density at radius 1 is 0.921 bits per heavy atom. The molecule has 4 nitrogen and oxygen atoms in total. The van der Waals surface area contributed by atoms with Gasteiger partial charge in [-0.1, -0.05) is 97.6 Å². The van der Waals surface area contributed by atoms with Gasteiger partial charge in [-0.15, -0.1) is 11.8 Å². The van der Waals surface area contributed by atoms with E-state index in [0.29, 0.717) is 23.6 Å². The molecule has 0 radical (unpaired) electrons. The monoisotopic (exact) mass is 552 g/mol. The van der Waals surface area contributed by atoms with Crippen molar-refractivity contribution in [2.24, 2.45) is 0 Å². The molecule has 1 atom stereocenters. The van der Waals surface area contributed by atoms with E-state index in [1.807, 2.05) is 60.7 Å². The molecule has 1 aliphatic rings. The molecule has 3 aromatic carbocycles. The van der Waals surface area contributed by atoms with Crippen molar-refractivity contribution in [1.29, 1.82) is 0 Å². The van der Waals surface area contributed by atoms with Crippen LogP contribution in [0.25, 0.3) is 0 Å². The summed E-state index contributed by atoms with van der Waals surface area (Å²) >= 11 is 7.49. The molecule has 0 aromatic heterocycles. The molecule has 7 heteroatoms. The number of thioether (sulfide) groups is 1. The van der Waals surface area contributed by atoms with E-state index in [4.69, 9.17) is 11.6 Å². The van der Waals surface area contributed by atoms with Crippen molar-refractivity contribution >= 4 is 35.2 Å². The smallest absolute Gasteiger partial charge is 0.243 e. The molecular formula is C31H34ClFN2O2S. The maximum atomic E-state index is 14.3. The Bertz CT molecular complexity index is 1170. The molecule has 0 unspecified atom stereocenters. The first kappa shape index (κ1) is 28.2. The minimum Gasteiger partial charge on any atom is -0.352 e.